The van der Waals surface area contributed by atoms with Gasteiger partial charge in [0.05, 0.1) is 6.04 Å². The molecular weight excluding hydrogens is 397 g/mol. The quantitative estimate of drug-likeness (QED) is 0.675. The zero-order chi connectivity index (χ0) is 21.8. The highest BCUT2D eigenvalue weighted by Crippen LogP contribution is 2.42. The molecule has 4 rings (SSSR count). The number of allylic oxidation sites excluding steroid dienone is 4. The van der Waals surface area contributed by atoms with Gasteiger partial charge in [0.2, 0.25) is 0 Å². The molecule has 2 atom stereocenters. The van der Waals surface area contributed by atoms with E-state index in [-0.39, 0.29) is 23.4 Å². The molecule has 2 aromatic carbocycles. The number of cyclic esters (lactones) is 1. The number of aromatic hydroxyl groups is 2. The predicted molar refractivity (Wildman–Crippen MR) is 115 cm³/mol. The van der Waals surface area contributed by atoms with E-state index in [9.17, 15) is 19.4 Å². The van der Waals surface area contributed by atoms with Crippen LogP contribution in [0.25, 0.3) is 0 Å². The summed E-state index contributed by atoms with van der Waals surface area (Å²) in [5, 5.41) is 20.2. The SMILES string of the molecule is O=C1OC(CCCc2ccc(F)cc2)C(c2ccc(O)cc2O)N1C1C=CC=CC=C1. The van der Waals surface area contributed by atoms with Crippen molar-refractivity contribution in [2.24, 2.45) is 0 Å². The molecule has 2 N–H and O–H groups in total. The Morgan fingerprint density at radius 2 is 1.68 bits per heavy atom. The van der Waals surface area contributed by atoms with Crippen LogP contribution in [0.15, 0.2) is 78.9 Å². The Morgan fingerprint density at radius 1 is 0.968 bits per heavy atom. The molecule has 6 heteroatoms. The standard InChI is InChI=1S/C25H24FNO4/c26-18-12-10-17(11-13-18)6-5-9-23-24(21-15-14-20(28)16-22(21)29)27(25(30)31-23)19-7-3-1-2-4-8-19/h1-4,7-8,10-16,19,23-24,28-29H,5-6,9H2. The molecule has 31 heavy (non-hydrogen) atoms. The maximum absolute atomic E-state index is 13.1. The number of rotatable bonds is 6. The lowest BCUT2D eigenvalue weighted by Gasteiger charge is -2.29. The first kappa shape index (κ1) is 20.7. The van der Waals surface area contributed by atoms with Gasteiger partial charge < -0.3 is 14.9 Å². The molecule has 2 unspecified atom stereocenters. The van der Waals surface area contributed by atoms with Gasteiger partial charge in [-0.1, -0.05) is 48.6 Å². The average Bonchev–Trinajstić information content (AvgIpc) is 2.91. The molecule has 5 nitrogen and oxygen atoms in total. The lowest BCUT2D eigenvalue weighted by molar-refractivity contribution is 0.123. The predicted octanol–water partition coefficient (Wildman–Crippen LogP) is 5.17. The largest absolute Gasteiger partial charge is 0.508 e. The number of halogens is 1. The lowest BCUT2D eigenvalue weighted by atomic mass is 9.94. The molecule has 1 fully saturated rings. The van der Waals surface area contributed by atoms with Gasteiger partial charge in [-0.2, -0.15) is 0 Å². The van der Waals surface area contributed by atoms with Crippen LogP contribution >= 0.6 is 0 Å². The number of benzene rings is 2. The van der Waals surface area contributed by atoms with Gasteiger partial charge in [0.1, 0.15) is 29.5 Å². The first-order valence-electron chi connectivity index (χ1n) is 10.3. The maximum Gasteiger partial charge on any atom is 0.411 e. The van der Waals surface area contributed by atoms with Crippen molar-refractivity contribution in [3.63, 3.8) is 0 Å². The van der Waals surface area contributed by atoms with E-state index in [4.69, 9.17) is 4.74 Å². The van der Waals surface area contributed by atoms with E-state index in [1.165, 1.54) is 24.3 Å². The van der Waals surface area contributed by atoms with E-state index in [0.717, 1.165) is 18.4 Å². The second kappa shape index (κ2) is 9.08. The first-order chi connectivity index (χ1) is 15.0. The average molecular weight is 421 g/mol. The monoisotopic (exact) mass is 421 g/mol. The summed E-state index contributed by atoms with van der Waals surface area (Å²) in [6.45, 7) is 0. The van der Waals surface area contributed by atoms with Gasteiger partial charge in [-0.25, -0.2) is 9.18 Å². The van der Waals surface area contributed by atoms with Crippen molar-refractivity contribution in [1.82, 2.24) is 4.90 Å². The van der Waals surface area contributed by atoms with Crippen LogP contribution in [-0.2, 0) is 11.2 Å². The van der Waals surface area contributed by atoms with Crippen LogP contribution < -0.4 is 0 Å². The van der Waals surface area contributed by atoms with Gasteiger partial charge in [0.25, 0.3) is 0 Å². The summed E-state index contributed by atoms with van der Waals surface area (Å²) in [6, 6.07) is 9.91. The molecule has 1 aliphatic carbocycles. The molecule has 2 aliphatic rings. The van der Waals surface area contributed by atoms with Gasteiger partial charge in [0.15, 0.2) is 0 Å². The second-order valence-corrected chi connectivity index (χ2v) is 7.68. The summed E-state index contributed by atoms with van der Waals surface area (Å²) in [6.07, 6.45) is 12.4. The molecule has 1 aliphatic heterocycles. The maximum atomic E-state index is 13.1. The Hall–Kier alpha value is -3.54. The third-order valence-corrected chi connectivity index (χ3v) is 5.59. The molecule has 0 aromatic heterocycles. The summed E-state index contributed by atoms with van der Waals surface area (Å²) in [4.78, 5) is 14.5. The van der Waals surface area contributed by atoms with Crippen molar-refractivity contribution < 1.29 is 24.1 Å². The number of amides is 1. The van der Waals surface area contributed by atoms with E-state index in [1.54, 1.807) is 23.1 Å². The fourth-order valence-electron chi connectivity index (χ4n) is 4.10. The second-order valence-electron chi connectivity index (χ2n) is 7.68. The highest BCUT2D eigenvalue weighted by atomic mass is 19.1. The minimum absolute atomic E-state index is 0.0515. The van der Waals surface area contributed by atoms with E-state index in [2.05, 4.69) is 0 Å². The van der Waals surface area contributed by atoms with Gasteiger partial charge in [0, 0.05) is 11.6 Å². The number of hydrogen-bond donors (Lipinski definition) is 2. The molecule has 1 saturated heterocycles. The Morgan fingerprint density at radius 3 is 2.35 bits per heavy atom. The van der Waals surface area contributed by atoms with Crippen LogP contribution in [0, 0.1) is 5.82 Å². The number of aryl methyl sites for hydroxylation is 1. The number of phenols is 2. The molecular formula is C25H24FNO4. The zero-order valence-corrected chi connectivity index (χ0v) is 16.9. The topological polar surface area (TPSA) is 70.0 Å². The van der Waals surface area contributed by atoms with Crippen LogP contribution in [0.5, 0.6) is 11.5 Å². The van der Waals surface area contributed by atoms with Gasteiger partial charge in [-0.3, -0.25) is 4.90 Å². The smallest absolute Gasteiger partial charge is 0.411 e. The van der Waals surface area contributed by atoms with Crippen LogP contribution in [-0.4, -0.2) is 33.4 Å². The van der Waals surface area contributed by atoms with Crippen molar-refractivity contribution in [3.05, 3.63) is 95.9 Å². The summed E-state index contributed by atoms with van der Waals surface area (Å²) in [5.74, 6) is -0.410. The molecule has 0 radical (unpaired) electrons. The van der Waals surface area contributed by atoms with Gasteiger partial charge >= 0.3 is 6.09 Å². The molecule has 160 valence electrons. The number of carbonyl (C=O) groups is 1. The number of hydrogen-bond acceptors (Lipinski definition) is 4. The first-order valence-corrected chi connectivity index (χ1v) is 10.3. The Labute approximate surface area is 180 Å². The molecule has 1 amide bonds. The van der Waals surface area contributed by atoms with Crippen molar-refractivity contribution in [3.8, 4) is 11.5 Å². The lowest BCUT2D eigenvalue weighted by Crippen LogP contribution is -2.36. The fourth-order valence-corrected chi connectivity index (χ4v) is 4.10. The van der Waals surface area contributed by atoms with E-state index >= 15 is 0 Å². The summed E-state index contributed by atoms with van der Waals surface area (Å²) in [7, 11) is 0. The Balaban J connectivity index is 1.58. The van der Waals surface area contributed by atoms with Crippen molar-refractivity contribution in [2.45, 2.75) is 37.5 Å². The molecule has 0 spiro atoms. The summed E-state index contributed by atoms with van der Waals surface area (Å²) in [5.41, 5.74) is 1.53. The highest BCUT2D eigenvalue weighted by molar-refractivity contribution is 5.73. The zero-order valence-electron chi connectivity index (χ0n) is 16.9. The minimum atomic E-state index is -0.515. The van der Waals surface area contributed by atoms with Crippen molar-refractivity contribution in [2.75, 3.05) is 0 Å². The van der Waals surface area contributed by atoms with Crippen LogP contribution in [0.2, 0.25) is 0 Å². The van der Waals surface area contributed by atoms with Crippen LogP contribution in [0.4, 0.5) is 9.18 Å². The van der Waals surface area contributed by atoms with Gasteiger partial charge in [-0.15, -0.1) is 0 Å². The van der Waals surface area contributed by atoms with E-state index in [1.807, 2.05) is 36.5 Å². The molecule has 2 aromatic rings. The Bertz CT molecular complexity index is 1010. The molecule has 1 heterocycles. The summed E-state index contributed by atoms with van der Waals surface area (Å²) < 4.78 is 18.9. The number of carbonyl (C=O) groups excluding carboxylic acids is 1. The number of nitrogens with zero attached hydrogens (tertiary/aromatic N) is 1. The van der Waals surface area contributed by atoms with Crippen molar-refractivity contribution in [1.29, 1.82) is 0 Å². The van der Waals surface area contributed by atoms with Gasteiger partial charge in [-0.05, 0) is 49.1 Å². The van der Waals surface area contributed by atoms with Crippen LogP contribution in [0.3, 0.4) is 0 Å². The van der Waals surface area contributed by atoms with E-state index < -0.39 is 18.2 Å². The molecule has 0 saturated carbocycles. The highest BCUT2D eigenvalue weighted by Gasteiger charge is 2.45. The van der Waals surface area contributed by atoms with E-state index in [0.29, 0.717) is 12.0 Å². The minimum Gasteiger partial charge on any atom is -0.508 e. The number of ether oxygens (including phenoxy) is 1. The number of phenolic OH excluding ortho intramolecular Hbond substituents is 2. The third-order valence-electron chi connectivity index (χ3n) is 5.59. The third kappa shape index (κ3) is 4.63. The normalized spacial score (nSPS) is 20.8. The Kier molecular flexibility index (Phi) is 6.07. The van der Waals surface area contributed by atoms with Crippen LogP contribution in [0.1, 0.15) is 30.0 Å². The summed E-state index contributed by atoms with van der Waals surface area (Å²) >= 11 is 0. The molecule has 0 bridgehead atoms. The fraction of sp³-hybridized carbons (Fsp3) is 0.240. The van der Waals surface area contributed by atoms with Crippen molar-refractivity contribution >= 4 is 6.09 Å².